The molecule has 148 valence electrons. The van der Waals surface area contributed by atoms with Crippen LogP contribution in [0.5, 0.6) is 0 Å². The number of azo groups is 1. The lowest BCUT2D eigenvalue weighted by molar-refractivity contribution is -0.0328. The number of benzene rings is 1. The highest BCUT2D eigenvalue weighted by Crippen LogP contribution is 2.45. The van der Waals surface area contributed by atoms with Crippen LogP contribution in [0.25, 0.3) is 0 Å². The van der Waals surface area contributed by atoms with Gasteiger partial charge in [0.15, 0.2) is 0 Å². The number of hydrogen-bond donors (Lipinski definition) is 2. The minimum absolute atomic E-state index is 0.0203. The van der Waals surface area contributed by atoms with Crippen LogP contribution >= 0.6 is 11.8 Å². The van der Waals surface area contributed by atoms with Crippen molar-refractivity contribution in [3.05, 3.63) is 24.5 Å². The molecule has 0 radical (unpaired) electrons. The summed E-state index contributed by atoms with van der Waals surface area (Å²) in [4.78, 5) is 6.98. The molecule has 0 saturated heterocycles. The van der Waals surface area contributed by atoms with Crippen LogP contribution in [0.4, 0.5) is 30.5 Å². The standard InChI is InChI=1S/C14H16F3N5O3S2/c1-3-22(4-2)10-8-12(27(23,24)25)9(7-11(10)26-14(15,16)17)20-21-13-18-5-6-19-13/h5-8H,3-4H2,1-2H3,(H,18,19)(H,23,24,25). The average molecular weight is 423 g/mol. The largest absolute Gasteiger partial charge is 0.446 e. The summed E-state index contributed by atoms with van der Waals surface area (Å²) in [7, 11) is -4.76. The number of rotatable bonds is 7. The van der Waals surface area contributed by atoms with Crippen molar-refractivity contribution >= 4 is 39.2 Å². The minimum Gasteiger partial charge on any atom is -0.371 e. The highest BCUT2D eigenvalue weighted by atomic mass is 32.2. The summed E-state index contributed by atoms with van der Waals surface area (Å²) < 4.78 is 71.9. The molecule has 1 aromatic heterocycles. The fourth-order valence-electron chi connectivity index (χ4n) is 2.25. The lowest BCUT2D eigenvalue weighted by Crippen LogP contribution is -2.23. The van der Waals surface area contributed by atoms with Crippen molar-refractivity contribution in [2.45, 2.75) is 29.1 Å². The molecule has 0 saturated carbocycles. The Morgan fingerprint density at radius 2 is 1.93 bits per heavy atom. The van der Waals surface area contributed by atoms with Crippen molar-refractivity contribution in [3.8, 4) is 0 Å². The Balaban J connectivity index is 2.68. The number of anilines is 1. The fraction of sp³-hybridized carbons (Fsp3) is 0.357. The summed E-state index contributed by atoms with van der Waals surface area (Å²) in [5.41, 5.74) is -5.01. The van der Waals surface area contributed by atoms with Crippen molar-refractivity contribution in [3.63, 3.8) is 0 Å². The molecule has 0 bridgehead atoms. The smallest absolute Gasteiger partial charge is 0.371 e. The Bertz CT molecular complexity index is 911. The number of thioether (sulfide) groups is 1. The van der Waals surface area contributed by atoms with Gasteiger partial charge in [0.1, 0.15) is 10.6 Å². The summed E-state index contributed by atoms with van der Waals surface area (Å²) in [5, 5.41) is 7.29. The van der Waals surface area contributed by atoms with Crippen molar-refractivity contribution in [1.82, 2.24) is 9.97 Å². The number of imidazole rings is 1. The third-order valence-electron chi connectivity index (χ3n) is 3.38. The third-order valence-corrected chi connectivity index (χ3v) is 5.05. The first kappa shape index (κ1) is 21.2. The molecule has 1 aromatic carbocycles. The van der Waals surface area contributed by atoms with Crippen molar-refractivity contribution in [2.75, 3.05) is 18.0 Å². The summed E-state index contributed by atoms with van der Waals surface area (Å²) in [6.45, 7) is 4.09. The van der Waals surface area contributed by atoms with E-state index in [1.54, 1.807) is 13.8 Å². The number of hydrogen-bond acceptors (Lipinski definition) is 7. The molecule has 0 spiro atoms. The normalized spacial score (nSPS) is 12.7. The summed E-state index contributed by atoms with van der Waals surface area (Å²) >= 11 is -0.400. The SMILES string of the molecule is CCN(CC)c1cc(S(=O)(=O)O)c(N=Nc2ncc[nH]2)cc1SC(F)(F)F. The number of alkyl halides is 3. The first-order valence-corrected chi connectivity index (χ1v) is 9.88. The highest BCUT2D eigenvalue weighted by Gasteiger charge is 2.32. The molecule has 0 aliphatic carbocycles. The minimum atomic E-state index is -4.76. The second-order valence-electron chi connectivity index (χ2n) is 5.10. The van der Waals surface area contributed by atoms with Gasteiger partial charge >= 0.3 is 5.51 Å². The van der Waals surface area contributed by atoms with Crippen LogP contribution in [0.15, 0.2) is 44.5 Å². The molecule has 0 unspecified atom stereocenters. The molecular weight excluding hydrogens is 407 g/mol. The number of aromatic amines is 1. The van der Waals surface area contributed by atoms with Crippen LogP contribution in [0.2, 0.25) is 0 Å². The molecule has 0 amide bonds. The Labute approximate surface area is 157 Å². The maximum Gasteiger partial charge on any atom is 0.446 e. The lowest BCUT2D eigenvalue weighted by Gasteiger charge is -2.25. The van der Waals surface area contributed by atoms with E-state index in [1.165, 1.54) is 17.3 Å². The second kappa shape index (κ2) is 8.27. The molecule has 2 aromatic rings. The van der Waals surface area contributed by atoms with Gasteiger partial charge in [-0.15, -0.1) is 10.2 Å². The van der Waals surface area contributed by atoms with Gasteiger partial charge in [-0.05, 0) is 37.7 Å². The third kappa shape index (κ3) is 5.68. The predicted molar refractivity (Wildman–Crippen MR) is 94.5 cm³/mol. The first-order chi connectivity index (χ1) is 12.5. The quantitative estimate of drug-likeness (QED) is 0.385. The van der Waals surface area contributed by atoms with E-state index in [0.717, 1.165) is 12.1 Å². The second-order valence-corrected chi connectivity index (χ2v) is 7.59. The number of halogens is 3. The zero-order valence-electron chi connectivity index (χ0n) is 14.2. The van der Waals surface area contributed by atoms with E-state index < -0.39 is 38.0 Å². The van der Waals surface area contributed by atoms with E-state index in [2.05, 4.69) is 20.2 Å². The average Bonchev–Trinajstić information content (AvgIpc) is 3.06. The summed E-state index contributed by atoms with van der Waals surface area (Å²) in [6, 6.07) is 1.90. The van der Waals surface area contributed by atoms with Crippen LogP contribution in [0.3, 0.4) is 0 Å². The molecule has 0 atom stereocenters. The van der Waals surface area contributed by atoms with Crippen LogP contribution in [0.1, 0.15) is 13.8 Å². The van der Waals surface area contributed by atoms with Crippen LogP contribution in [-0.2, 0) is 10.1 Å². The fourth-order valence-corrected chi connectivity index (χ4v) is 3.59. The Morgan fingerprint density at radius 3 is 2.41 bits per heavy atom. The van der Waals surface area contributed by atoms with Gasteiger partial charge in [-0.2, -0.15) is 21.6 Å². The monoisotopic (exact) mass is 423 g/mol. The molecule has 1 heterocycles. The molecule has 0 aliphatic heterocycles. The summed E-state index contributed by atoms with van der Waals surface area (Å²) in [5.74, 6) is 0.0223. The molecule has 0 aliphatic rings. The number of nitrogens with one attached hydrogen (secondary N) is 1. The molecule has 27 heavy (non-hydrogen) atoms. The van der Waals surface area contributed by atoms with E-state index in [9.17, 15) is 26.1 Å². The van der Waals surface area contributed by atoms with E-state index in [-0.39, 0.29) is 16.5 Å². The van der Waals surface area contributed by atoms with Gasteiger partial charge in [-0.1, -0.05) is 0 Å². The molecule has 13 heteroatoms. The van der Waals surface area contributed by atoms with Crippen molar-refractivity contribution < 1.29 is 26.1 Å². The maximum absolute atomic E-state index is 13.0. The van der Waals surface area contributed by atoms with Gasteiger partial charge in [0, 0.05) is 30.4 Å². The topological polar surface area (TPSA) is 111 Å². The van der Waals surface area contributed by atoms with E-state index in [4.69, 9.17) is 0 Å². The van der Waals surface area contributed by atoms with E-state index in [1.807, 2.05) is 0 Å². The van der Waals surface area contributed by atoms with Crippen LogP contribution in [0, 0.1) is 0 Å². The summed E-state index contributed by atoms with van der Waals surface area (Å²) in [6.07, 6.45) is 2.80. The Kier molecular flexibility index (Phi) is 6.49. The Hall–Kier alpha value is -2.12. The van der Waals surface area contributed by atoms with E-state index >= 15 is 0 Å². The number of nitrogens with zero attached hydrogens (tertiary/aromatic N) is 4. The van der Waals surface area contributed by atoms with Gasteiger partial charge < -0.3 is 9.88 Å². The lowest BCUT2D eigenvalue weighted by atomic mass is 10.2. The first-order valence-electron chi connectivity index (χ1n) is 7.62. The van der Waals surface area contributed by atoms with Gasteiger partial charge in [0.05, 0.1) is 5.69 Å². The van der Waals surface area contributed by atoms with Crippen molar-refractivity contribution in [2.24, 2.45) is 10.2 Å². The Morgan fingerprint density at radius 1 is 1.26 bits per heavy atom. The molecule has 2 rings (SSSR count). The van der Waals surface area contributed by atoms with E-state index in [0.29, 0.717) is 13.1 Å². The van der Waals surface area contributed by atoms with Crippen molar-refractivity contribution in [1.29, 1.82) is 0 Å². The zero-order valence-corrected chi connectivity index (χ0v) is 15.9. The van der Waals surface area contributed by atoms with Gasteiger partial charge in [0.2, 0.25) is 5.95 Å². The predicted octanol–water partition coefficient (Wildman–Crippen LogP) is 4.53. The number of H-pyrrole nitrogens is 1. The number of aromatic nitrogens is 2. The molecule has 2 N–H and O–H groups in total. The van der Waals surface area contributed by atoms with Gasteiger partial charge in [-0.3, -0.25) is 4.55 Å². The molecular formula is C14H16F3N5O3S2. The molecule has 8 nitrogen and oxygen atoms in total. The van der Waals surface area contributed by atoms with Crippen LogP contribution in [-0.4, -0.2) is 41.5 Å². The highest BCUT2D eigenvalue weighted by molar-refractivity contribution is 8.00. The maximum atomic E-state index is 13.0. The van der Waals surface area contributed by atoms with Crippen LogP contribution < -0.4 is 4.90 Å². The molecule has 0 fully saturated rings. The van der Waals surface area contributed by atoms with Gasteiger partial charge in [0.25, 0.3) is 10.1 Å². The zero-order chi connectivity index (χ0) is 20.2. The van der Waals surface area contributed by atoms with Gasteiger partial charge in [-0.25, -0.2) is 4.98 Å².